The molecular formula is C39H40N11O16P2-3. The third-order valence-electron chi connectivity index (χ3n) is 10.5. The fourth-order valence-electron chi connectivity index (χ4n) is 7.33. The van der Waals surface area contributed by atoms with Crippen molar-refractivity contribution >= 4 is 50.3 Å². The number of nitrogens with one attached hydrogen (secondary N) is 1. The van der Waals surface area contributed by atoms with E-state index in [1.807, 2.05) is 29.1 Å². The van der Waals surface area contributed by atoms with Crippen molar-refractivity contribution < 1.29 is 70.7 Å². The first-order valence-electron chi connectivity index (χ1n) is 20.4. The number of carbonyl (C=O) groups excluding carboxylic acids is 2. The number of hydrogen-bond acceptors (Lipinski definition) is 23. The van der Waals surface area contributed by atoms with E-state index in [0.29, 0.717) is 12.0 Å². The highest BCUT2D eigenvalue weighted by Gasteiger charge is 2.49. The van der Waals surface area contributed by atoms with E-state index in [0.717, 1.165) is 16.6 Å². The summed E-state index contributed by atoms with van der Waals surface area (Å²) in [7, 11) is -11.2. The predicted octanol–water partition coefficient (Wildman–Crippen LogP) is -0.237. The van der Waals surface area contributed by atoms with Crippen LogP contribution in [0.1, 0.15) is 48.1 Å². The first kappa shape index (κ1) is 48.0. The van der Waals surface area contributed by atoms with E-state index in [1.54, 1.807) is 30.3 Å². The number of oxazole rings is 1. The van der Waals surface area contributed by atoms with Crippen molar-refractivity contribution in [2.24, 2.45) is 0 Å². The molecule has 6 N–H and O–H groups in total. The van der Waals surface area contributed by atoms with E-state index < -0.39 is 95.6 Å². The summed E-state index contributed by atoms with van der Waals surface area (Å²) >= 11 is 0. The van der Waals surface area contributed by atoms with Crippen molar-refractivity contribution in [2.45, 2.75) is 68.8 Å². The molecule has 6 aromatic rings. The number of nitrogens with two attached hydrogens (primary N) is 2. The number of rotatable bonds is 19. The summed E-state index contributed by atoms with van der Waals surface area (Å²) < 4.78 is 67.4. The average Bonchev–Trinajstić information content (AvgIpc) is 4.16. The number of fused-ring (bicyclic) bond motifs is 1. The van der Waals surface area contributed by atoms with Crippen molar-refractivity contribution in [3.8, 4) is 17.0 Å². The normalized spacial score (nSPS) is 22.6. The first-order chi connectivity index (χ1) is 32.5. The van der Waals surface area contributed by atoms with Gasteiger partial charge in [-0.1, -0.05) is 6.08 Å². The van der Waals surface area contributed by atoms with Crippen LogP contribution in [0.25, 0.3) is 28.2 Å². The Labute approximate surface area is 383 Å². The van der Waals surface area contributed by atoms with Gasteiger partial charge in [-0.2, -0.15) is 4.98 Å². The molecule has 0 aliphatic carbocycles. The Morgan fingerprint density at radius 1 is 0.971 bits per heavy atom. The van der Waals surface area contributed by atoms with Crippen LogP contribution >= 0.6 is 15.6 Å². The number of carbonyl (C=O) groups is 2. The molecule has 8 rings (SSSR count). The monoisotopic (exact) mass is 980 g/mol. The van der Waals surface area contributed by atoms with Gasteiger partial charge in [-0.3, -0.25) is 18.5 Å². The van der Waals surface area contributed by atoms with E-state index in [4.69, 9.17) is 39.1 Å². The van der Waals surface area contributed by atoms with Gasteiger partial charge < -0.3 is 77.9 Å². The zero-order chi connectivity index (χ0) is 48.3. The molecule has 0 radical (unpaired) electrons. The molecule has 27 nitrogen and oxygen atoms in total. The molecule has 1 amide bonds. The highest BCUT2D eigenvalue weighted by Crippen LogP contribution is 2.47. The minimum Gasteiger partial charge on any atom is -0.790 e. The Morgan fingerprint density at radius 2 is 1.72 bits per heavy atom. The number of hydrogen-bond donors (Lipinski definition) is 4. The number of imidazole rings is 1. The van der Waals surface area contributed by atoms with Gasteiger partial charge in [-0.05, 0) is 48.9 Å². The van der Waals surface area contributed by atoms with Crippen LogP contribution in [0.4, 0.5) is 11.6 Å². The maximum absolute atomic E-state index is 14.3. The highest BCUT2D eigenvalue weighted by atomic mass is 31.2. The molecule has 2 aliphatic heterocycles. The lowest BCUT2D eigenvalue weighted by Gasteiger charge is -2.32. The second-order valence-electron chi connectivity index (χ2n) is 15.1. The Kier molecular flexibility index (Phi) is 14.1. The van der Waals surface area contributed by atoms with Crippen LogP contribution < -0.4 is 37.2 Å². The number of aliphatic hydroxyl groups is 1. The van der Waals surface area contributed by atoms with Crippen LogP contribution in [-0.4, -0.2) is 99.3 Å². The summed E-state index contributed by atoms with van der Waals surface area (Å²) in [6.07, 6.45) is -2.33. The highest BCUT2D eigenvalue weighted by molar-refractivity contribution is 7.45. The van der Waals surface area contributed by atoms with Gasteiger partial charge in [0.2, 0.25) is 11.8 Å². The summed E-state index contributed by atoms with van der Waals surface area (Å²) in [6, 6.07) is 11.7. The summed E-state index contributed by atoms with van der Waals surface area (Å²) in [5, 5.41) is 14.5. The maximum Gasteiger partial charge on any atom is 0.361 e. The van der Waals surface area contributed by atoms with Crippen LogP contribution in [-0.2, 0) is 48.3 Å². The Hall–Kier alpha value is -6.48. The number of nitrogen functional groups attached to an aromatic ring is 2. The molecule has 8 atom stereocenters. The largest absolute Gasteiger partial charge is 0.790 e. The molecule has 5 aromatic heterocycles. The molecule has 2 fully saturated rings. The zero-order valence-electron chi connectivity index (χ0n) is 35.2. The number of aliphatic hydroxyl groups excluding tert-OH is 1. The number of aromatic nitrogens is 8. The van der Waals surface area contributed by atoms with E-state index in [2.05, 4.69) is 41.3 Å². The van der Waals surface area contributed by atoms with Crippen LogP contribution in [0.2, 0.25) is 0 Å². The Balaban J connectivity index is 1.06. The molecule has 2 saturated heterocycles. The summed E-state index contributed by atoms with van der Waals surface area (Å²) in [6.45, 7) is 1.36. The third kappa shape index (κ3) is 10.9. The number of phosphoric ester groups is 2. The van der Waals surface area contributed by atoms with Crippen LogP contribution in [0, 0.1) is 0 Å². The molecule has 7 heterocycles. The van der Waals surface area contributed by atoms with Gasteiger partial charge in [0.1, 0.15) is 42.2 Å². The Morgan fingerprint density at radius 3 is 2.44 bits per heavy atom. The molecule has 0 spiro atoms. The van der Waals surface area contributed by atoms with Crippen molar-refractivity contribution in [1.29, 1.82) is 0 Å². The summed E-state index contributed by atoms with van der Waals surface area (Å²) in [5.74, 6) is -1.85. The molecule has 1 aromatic carbocycles. The minimum atomic E-state index is -5.61. The van der Waals surface area contributed by atoms with Gasteiger partial charge in [-0.25, -0.2) is 29.5 Å². The summed E-state index contributed by atoms with van der Waals surface area (Å²) in [4.78, 5) is 95.7. The maximum atomic E-state index is 14.3. The topological polar surface area (TPSA) is 387 Å². The SMILES string of the molecule is C=CCCC(=O)NCc1nc(C(=O)OC2[C@@H](COP(=O)([O-])OC3C[C@H](n4ccc(N)nc4=O)O[C@@H]3COP(=O)([O-])[O-])O[C@@H](n3cnc4c(N)ncnc43)[C@H]2O)c(-c2ccc(-n3cccc3)cc2)o1. The fraction of sp³-hybridized carbons (Fsp3) is 0.333. The zero-order valence-corrected chi connectivity index (χ0v) is 37.0. The van der Waals surface area contributed by atoms with Gasteiger partial charge >= 0.3 is 11.7 Å². The van der Waals surface area contributed by atoms with Crippen molar-refractivity contribution in [1.82, 2.24) is 43.9 Å². The van der Waals surface area contributed by atoms with Gasteiger partial charge in [0.15, 0.2) is 35.3 Å². The smallest absolute Gasteiger partial charge is 0.361 e. The van der Waals surface area contributed by atoms with Crippen LogP contribution in [0.15, 0.2) is 95.6 Å². The fourth-order valence-corrected chi connectivity index (χ4v) is 8.60. The van der Waals surface area contributed by atoms with Crippen LogP contribution in [0.3, 0.4) is 0 Å². The van der Waals surface area contributed by atoms with Crippen molar-refractivity contribution in [3.63, 3.8) is 0 Å². The van der Waals surface area contributed by atoms with Gasteiger partial charge in [-0.15, -0.1) is 6.58 Å². The quantitative estimate of drug-likeness (QED) is 0.0462. The number of amides is 1. The van der Waals surface area contributed by atoms with E-state index >= 15 is 0 Å². The predicted molar refractivity (Wildman–Crippen MR) is 225 cm³/mol. The molecule has 360 valence electrons. The number of esters is 1. The van der Waals surface area contributed by atoms with Gasteiger partial charge in [0.05, 0.1) is 40.0 Å². The second kappa shape index (κ2) is 20.0. The number of nitrogens with zero attached hydrogens (tertiary/aromatic N) is 8. The average molecular weight is 981 g/mol. The lowest BCUT2D eigenvalue weighted by molar-refractivity contribution is -0.343. The molecular weight excluding hydrogens is 940 g/mol. The minimum absolute atomic E-state index is 0.0196. The van der Waals surface area contributed by atoms with Crippen LogP contribution in [0.5, 0.6) is 0 Å². The number of allylic oxidation sites excluding steroid dienone is 1. The van der Waals surface area contributed by atoms with E-state index in [1.165, 1.54) is 23.2 Å². The lowest BCUT2D eigenvalue weighted by atomic mass is 10.1. The number of phosphoric acid groups is 2. The van der Waals surface area contributed by atoms with E-state index in [9.17, 15) is 43.3 Å². The second-order valence-corrected chi connectivity index (χ2v) is 17.6. The Bertz CT molecular complexity index is 2940. The molecule has 0 saturated carbocycles. The molecule has 2 aliphatic rings. The first-order valence-corrected chi connectivity index (χ1v) is 23.3. The van der Waals surface area contributed by atoms with Crippen molar-refractivity contribution in [3.05, 3.63) is 108 Å². The van der Waals surface area contributed by atoms with E-state index in [-0.39, 0.29) is 53.3 Å². The lowest BCUT2D eigenvalue weighted by Crippen LogP contribution is -2.39. The standard InChI is InChI=1S/C39H43N11O16P2/c1-2-3-6-27(51)42-16-28-47-30(33(64-28)21-7-9-22(10-8-21)48-12-4-5-13-48)38(53)65-34-25(63-37(32(34)52)50-20-45-31-35(41)43-19-44-36(31)50)18-61-68(58,59)66-23-15-29(49-14-11-26(40)46-39(49)54)62-24(23)17-60-67(55,56)57/h2,4-5,7-14,19-20,23-25,29,32,34,37,52H,1,3,6,15-18H2,(H,42,51)(H,58,59)(H2,40,46,54)(H2,41,43,44)(H2,55,56,57)/p-3/t23?,24-,25-,29-,32+,34?,37-/m1/s1. The number of benzene rings is 1. The molecule has 3 unspecified atom stereocenters. The van der Waals surface area contributed by atoms with Gasteiger partial charge in [0.25, 0.3) is 7.82 Å². The number of ether oxygens (including phenoxy) is 3. The molecule has 68 heavy (non-hydrogen) atoms. The molecule has 0 bridgehead atoms. The summed E-state index contributed by atoms with van der Waals surface area (Å²) in [5.41, 5.74) is 11.6. The third-order valence-corrected chi connectivity index (χ3v) is 12.0. The van der Waals surface area contributed by atoms with Gasteiger partial charge in [0, 0.05) is 42.7 Å². The number of anilines is 2. The van der Waals surface area contributed by atoms with Crippen molar-refractivity contribution in [2.75, 3.05) is 24.7 Å². The molecule has 29 heteroatoms.